The SMILES string of the molecule is Cc1nn(C(C)(C)C)c(C)c1CNC(c1nccn1C)C1CCOCC1. The third-order valence-electron chi connectivity index (χ3n) is 5.45. The molecule has 0 amide bonds. The predicted octanol–water partition coefficient (Wildman–Crippen LogP) is 3.25. The van der Waals surface area contributed by atoms with Crippen LogP contribution in [-0.4, -0.2) is 32.5 Å². The highest BCUT2D eigenvalue weighted by molar-refractivity contribution is 5.25. The quantitative estimate of drug-likeness (QED) is 0.890. The van der Waals surface area contributed by atoms with E-state index in [2.05, 4.69) is 61.2 Å². The first-order valence-corrected chi connectivity index (χ1v) is 9.63. The molecule has 0 saturated carbocycles. The van der Waals surface area contributed by atoms with Crippen LogP contribution in [0.1, 0.15) is 62.4 Å². The van der Waals surface area contributed by atoms with Crippen LogP contribution >= 0.6 is 0 Å². The third kappa shape index (κ3) is 3.86. The zero-order valence-electron chi connectivity index (χ0n) is 17.0. The molecule has 1 unspecified atom stereocenters. The molecule has 1 aliphatic rings. The Morgan fingerprint density at radius 1 is 1.27 bits per heavy atom. The van der Waals surface area contributed by atoms with Gasteiger partial charge in [0.25, 0.3) is 0 Å². The topological polar surface area (TPSA) is 56.9 Å². The first kappa shape index (κ1) is 19.1. The molecule has 26 heavy (non-hydrogen) atoms. The molecule has 0 bridgehead atoms. The van der Waals surface area contributed by atoms with Crippen molar-refractivity contribution in [2.75, 3.05) is 13.2 Å². The molecular formula is C20H33N5O. The zero-order chi connectivity index (χ0) is 18.9. The second kappa shape index (κ2) is 7.53. The molecule has 0 spiro atoms. The molecular weight excluding hydrogens is 326 g/mol. The molecule has 6 heteroatoms. The second-order valence-corrected chi connectivity index (χ2v) is 8.44. The fourth-order valence-corrected chi connectivity index (χ4v) is 3.99. The van der Waals surface area contributed by atoms with Gasteiger partial charge >= 0.3 is 0 Å². The van der Waals surface area contributed by atoms with Crippen LogP contribution in [0.3, 0.4) is 0 Å². The lowest BCUT2D eigenvalue weighted by Crippen LogP contribution is -2.34. The lowest BCUT2D eigenvalue weighted by Gasteiger charge is -2.31. The number of imidazole rings is 1. The van der Waals surface area contributed by atoms with Crippen LogP contribution < -0.4 is 5.32 Å². The van der Waals surface area contributed by atoms with Crippen LogP contribution in [0.4, 0.5) is 0 Å². The smallest absolute Gasteiger partial charge is 0.125 e. The van der Waals surface area contributed by atoms with Crippen LogP contribution in [0, 0.1) is 19.8 Å². The monoisotopic (exact) mass is 359 g/mol. The molecule has 3 heterocycles. The number of nitrogens with one attached hydrogen (secondary N) is 1. The molecule has 1 saturated heterocycles. The Bertz CT molecular complexity index is 734. The van der Waals surface area contributed by atoms with E-state index in [4.69, 9.17) is 9.84 Å². The van der Waals surface area contributed by atoms with Gasteiger partial charge in [0.2, 0.25) is 0 Å². The van der Waals surface area contributed by atoms with E-state index in [-0.39, 0.29) is 11.6 Å². The Labute approximate surface area is 157 Å². The van der Waals surface area contributed by atoms with Crippen LogP contribution in [0.5, 0.6) is 0 Å². The van der Waals surface area contributed by atoms with Crippen LogP contribution in [0.2, 0.25) is 0 Å². The summed E-state index contributed by atoms with van der Waals surface area (Å²) in [4.78, 5) is 4.63. The van der Waals surface area contributed by atoms with Crippen molar-refractivity contribution in [2.24, 2.45) is 13.0 Å². The molecule has 0 aliphatic carbocycles. The molecule has 2 aromatic heterocycles. The Hall–Kier alpha value is -1.66. The molecule has 0 aromatic carbocycles. The third-order valence-corrected chi connectivity index (χ3v) is 5.45. The number of aryl methyl sites for hydroxylation is 2. The Morgan fingerprint density at radius 3 is 2.50 bits per heavy atom. The van der Waals surface area contributed by atoms with Crippen molar-refractivity contribution in [1.29, 1.82) is 0 Å². The van der Waals surface area contributed by atoms with Crippen molar-refractivity contribution in [3.8, 4) is 0 Å². The standard InChI is InChI=1S/C20H33N5O/c1-14-17(15(2)25(23-14)20(3,4)5)13-22-18(16-7-11-26-12-8-16)19-21-9-10-24(19)6/h9-10,16,18,22H,7-8,11-13H2,1-6H3. The average Bonchev–Trinajstić information content (AvgIpc) is 3.13. The largest absolute Gasteiger partial charge is 0.381 e. The van der Waals surface area contributed by atoms with Crippen LogP contribution in [0.25, 0.3) is 0 Å². The van der Waals surface area contributed by atoms with E-state index >= 15 is 0 Å². The normalized spacial score (nSPS) is 17.6. The van der Waals surface area contributed by atoms with E-state index in [1.165, 1.54) is 11.3 Å². The van der Waals surface area contributed by atoms with Crippen molar-refractivity contribution in [3.05, 3.63) is 35.2 Å². The molecule has 1 fully saturated rings. The summed E-state index contributed by atoms with van der Waals surface area (Å²) >= 11 is 0. The predicted molar refractivity (Wildman–Crippen MR) is 103 cm³/mol. The number of rotatable bonds is 5. The lowest BCUT2D eigenvalue weighted by molar-refractivity contribution is 0.0518. The van der Waals surface area contributed by atoms with Gasteiger partial charge in [-0.1, -0.05) is 0 Å². The minimum absolute atomic E-state index is 0.00707. The summed E-state index contributed by atoms with van der Waals surface area (Å²) in [6, 6.07) is 0.232. The Balaban J connectivity index is 1.82. The van der Waals surface area contributed by atoms with Gasteiger partial charge in [0.15, 0.2) is 0 Å². The van der Waals surface area contributed by atoms with Gasteiger partial charge in [-0.2, -0.15) is 5.10 Å². The Morgan fingerprint density at radius 2 is 1.96 bits per heavy atom. The highest BCUT2D eigenvalue weighted by Gasteiger charge is 2.29. The van der Waals surface area contributed by atoms with E-state index in [1.807, 2.05) is 12.4 Å². The molecule has 1 aliphatic heterocycles. The maximum absolute atomic E-state index is 5.57. The first-order valence-electron chi connectivity index (χ1n) is 9.63. The van der Waals surface area contributed by atoms with Gasteiger partial charge in [-0.15, -0.1) is 0 Å². The highest BCUT2D eigenvalue weighted by Crippen LogP contribution is 2.30. The van der Waals surface area contributed by atoms with Gasteiger partial charge in [-0.3, -0.25) is 4.68 Å². The molecule has 1 atom stereocenters. The van der Waals surface area contributed by atoms with E-state index in [9.17, 15) is 0 Å². The van der Waals surface area contributed by atoms with Gasteiger partial charge in [0.1, 0.15) is 5.82 Å². The average molecular weight is 360 g/mol. The minimum atomic E-state index is -0.00707. The maximum atomic E-state index is 5.57. The number of hydrogen-bond acceptors (Lipinski definition) is 4. The van der Waals surface area contributed by atoms with Gasteiger partial charge in [0, 0.05) is 50.5 Å². The van der Waals surface area contributed by atoms with Crippen molar-refractivity contribution in [2.45, 2.75) is 65.6 Å². The van der Waals surface area contributed by atoms with E-state index in [0.29, 0.717) is 5.92 Å². The molecule has 2 aromatic rings. The summed E-state index contributed by atoms with van der Waals surface area (Å²) in [7, 11) is 2.07. The summed E-state index contributed by atoms with van der Waals surface area (Å²) in [6.07, 6.45) is 6.06. The zero-order valence-corrected chi connectivity index (χ0v) is 17.0. The maximum Gasteiger partial charge on any atom is 0.125 e. The van der Waals surface area contributed by atoms with E-state index in [0.717, 1.165) is 44.1 Å². The van der Waals surface area contributed by atoms with Crippen molar-refractivity contribution < 1.29 is 4.74 Å². The molecule has 6 nitrogen and oxygen atoms in total. The number of ether oxygens (including phenoxy) is 1. The molecule has 0 radical (unpaired) electrons. The molecule has 144 valence electrons. The molecule has 1 N–H and O–H groups in total. The Kier molecular flexibility index (Phi) is 5.53. The van der Waals surface area contributed by atoms with Gasteiger partial charge in [-0.25, -0.2) is 4.98 Å². The van der Waals surface area contributed by atoms with Crippen molar-refractivity contribution >= 4 is 0 Å². The van der Waals surface area contributed by atoms with Crippen LogP contribution in [0.15, 0.2) is 12.4 Å². The molecule has 3 rings (SSSR count). The summed E-state index contributed by atoms with van der Waals surface area (Å²) in [5.41, 5.74) is 3.64. The van der Waals surface area contributed by atoms with Crippen molar-refractivity contribution in [1.82, 2.24) is 24.6 Å². The summed E-state index contributed by atoms with van der Waals surface area (Å²) in [6.45, 7) is 13.4. The number of nitrogens with zero attached hydrogens (tertiary/aromatic N) is 4. The van der Waals surface area contributed by atoms with Crippen LogP contribution in [-0.2, 0) is 23.9 Å². The van der Waals surface area contributed by atoms with Crippen molar-refractivity contribution in [3.63, 3.8) is 0 Å². The first-order chi connectivity index (χ1) is 12.3. The fraction of sp³-hybridized carbons (Fsp3) is 0.700. The highest BCUT2D eigenvalue weighted by atomic mass is 16.5. The lowest BCUT2D eigenvalue weighted by atomic mass is 9.91. The number of hydrogen-bond donors (Lipinski definition) is 1. The summed E-state index contributed by atoms with van der Waals surface area (Å²) < 4.78 is 9.84. The summed E-state index contributed by atoms with van der Waals surface area (Å²) in [5, 5.41) is 8.59. The van der Waals surface area contributed by atoms with E-state index in [1.54, 1.807) is 0 Å². The van der Waals surface area contributed by atoms with Gasteiger partial charge in [0.05, 0.1) is 17.3 Å². The summed E-state index contributed by atoms with van der Waals surface area (Å²) in [5.74, 6) is 1.65. The number of aromatic nitrogens is 4. The fourth-order valence-electron chi connectivity index (χ4n) is 3.99. The van der Waals surface area contributed by atoms with E-state index < -0.39 is 0 Å². The van der Waals surface area contributed by atoms with Gasteiger partial charge in [-0.05, 0) is 53.4 Å². The minimum Gasteiger partial charge on any atom is -0.381 e. The van der Waals surface area contributed by atoms with Gasteiger partial charge < -0.3 is 14.6 Å². The second-order valence-electron chi connectivity index (χ2n) is 8.44.